The standard InChI is InChI=1S/C15H25N5O2/c1-11-10-13(20-19-11)18-14(21)8-5-9-16-15(22)17-12-6-3-2-4-7-12/h10,12H,2-9H2,1H3,(H2,16,17,22)(H2,18,19,20,21). The smallest absolute Gasteiger partial charge is 0.315 e. The van der Waals surface area contributed by atoms with Crippen molar-refractivity contribution in [3.05, 3.63) is 11.8 Å². The largest absolute Gasteiger partial charge is 0.338 e. The predicted molar refractivity (Wildman–Crippen MR) is 84.6 cm³/mol. The summed E-state index contributed by atoms with van der Waals surface area (Å²) in [6, 6.07) is 1.95. The van der Waals surface area contributed by atoms with Gasteiger partial charge in [-0.15, -0.1) is 0 Å². The number of rotatable bonds is 6. The Morgan fingerprint density at radius 2 is 2.09 bits per heavy atom. The number of aromatic nitrogens is 2. The molecule has 1 fully saturated rings. The van der Waals surface area contributed by atoms with Crippen LogP contribution in [0.3, 0.4) is 0 Å². The molecule has 0 atom stereocenters. The molecule has 1 aliphatic carbocycles. The summed E-state index contributed by atoms with van der Waals surface area (Å²) in [5, 5.41) is 15.2. The zero-order valence-corrected chi connectivity index (χ0v) is 13.1. The highest BCUT2D eigenvalue weighted by atomic mass is 16.2. The van der Waals surface area contributed by atoms with Crippen LogP contribution in [0.5, 0.6) is 0 Å². The van der Waals surface area contributed by atoms with Crippen LogP contribution in [0.15, 0.2) is 6.07 Å². The Kier molecular flexibility index (Phi) is 6.24. The van der Waals surface area contributed by atoms with Crippen molar-refractivity contribution in [2.75, 3.05) is 11.9 Å². The average molecular weight is 307 g/mol. The van der Waals surface area contributed by atoms with Crippen LogP contribution in [0.4, 0.5) is 10.6 Å². The van der Waals surface area contributed by atoms with Gasteiger partial charge in [0.05, 0.1) is 0 Å². The second-order valence-corrected chi connectivity index (χ2v) is 5.82. The van der Waals surface area contributed by atoms with Gasteiger partial charge in [0.15, 0.2) is 5.82 Å². The van der Waals surface area contributed by atoms with E-state index in [9.17, 15) is 9.59 Å². The van der Waals surface area contributed by atoms with Crippen molar-refractivity contribution < 1.29 is 9.59 Å². The van der Waals surface area contributed by atoms with E-state index < -0.39 is 0 Å². The van der Waals surface area contributed by atoms with Gasteiger partial charge >= 0.3 is 6.03 Å². The van der Waals surface area contributed by atoms with Crippen molar-refractivity contribution in [2.24, 2.45) is 0 Å². The lowest BCUT2D eigenvalue weighted by Crippen LogP contribution is -2.43. The molecule has 0 aromatic carbocycles. The fraction of sp³-hybridized carbons (Fsp3) is 0.667. The molecule has 4 N–H and O–H groups in total. The molecule has 0 aliphatic heterocycles. The molecule has 1 aliphatic rings. The van der Waals surface area contributed by atoms with Gasteiger partial charge in [-0.25, -0.2) is 4.79 Å². The number of aryl methyl sites for hydroxylation is 1. The van der Waals surface area contributed by atoms with Crippen LogP contribution in [0.1, 0.15) is 50.6 Å². The predicted octanol–water partition coefficient (Wildman–Crippen LogP) is 2.07. The number of carbonyl (C=O) groups excluding carboxylic acids is 2. The van der Waals surface area contributed by atoms with Crippen LogP contribution in [0.2, 0.25) is 0 Å². The normalized spacial score (nSPS) is 15.3. The van der Waals surface area contributed by atoms with Crippen molar-refractivity contribution in [1.29, 1.82) is 0 Å². The van der Waals surface area contributed by atoms with Gasteiger partial charge in [0.1, 0.15) is 0 Å². The molecule has 1 heterocycles. The Balaban J connectivity index is 1.54. The molecule has 1 aromatic heterocycles. The second-order valence-electron chi connectivity index (χ2n) is 5.82. The highest BCUT2D eigenvalue weighted by molar-refractivity contribution is 5.89. The summed E-state index contributed by atoms with van der Waals surface area (Å²) in [6.07, 6.45) is 6.75. The maximum absolute atomic E-state index is 11.7. The zero-order valence-electron chi connectivity index (χ0n) is 13.1. The van der Waals surface area contributed by atoms with Crippen LogP contribution < -0.4 is 16.0 Å². The average Bonchev–Trinajstić information content (AvgIpc) is 2.90. The lowest BCUT2D eigenvalue weighted by Gasteiger charge is -2.22. The van der Waals surface area contributed by atoms with E-state index in [1.165, 1.54) is 19.3 Å². The third-order valence-corrected chi connectivity index (χ3v) is 3.78. The van der Waals surface area contributed by atoms with Crippen molar-refractivity contribution >= 4 is 17.8 Å². The minimum Gasteiger partial charge on any atom is -0.338 e. The SMILES string of the molecule is Cc1cc(NC(=O)CCCNC(=O)NC2CCCCC2)n[nH]1. The molecule has 3 amide bonds. The number of nitrogens with one attached hydrogen (secondary N) is 4. The first-order chi connectivity index (χ1) is 10.6. The Bertz CT molecular complexity index is 494. The van der Waals surface area contributed by atoms with Crippen molar-refractivity contribution in [1.82, 2.24) is 20.8 Å². The van der Waals surface area contributed by atoms with Crippen LogP contribution in [-0.4, -0.2) is 34.7 Å². The summed E-state index contributed by atoms with van der Waals surface area (Å²) in [5.74, 6) is 0.437. The number of carbonyl (C=O) groups is 2. The first-order valence-corrected chi connectivity index (χ1v) is 8.00. The Morgan fingerprint density at radius 1 is 1.32 bits per heavy atom. The Morgan fingerprint density at radius 3 is 2.77 bits per heavy atom. The molecule has 7 heteroatoms. The molecule has 0 spiro atoms. The fourth-order valence-electron chi connectivity index (χ4n) is 2.62. The quantitative estimate of drug-likeness (QED) is 0.605. The van der Waals surface area contributed by atoms with Gasteiger partial charge in [-0.2, -0.15) is 5.10 Å². The number of nitrogens with zero attached hydrogens (tertiary/aromatic N) is 1. The number of hydrogen-bond acceptors (Lipinski definition) is 3. The molecule has 0 bridgehead atoms. The first kappa shape index (κ1) is 16.3. The van der Waals surface area contributed by atoms with E-state index in [1.54, 1.807) is 6.07 Å². The number of anilines is 1. The van der Waals surface area contributed by atoms with Crippen LogP contribution in [0.25, 0.3) is 0 Å². The van der Waals surface area contributed by atoms with Crippen LogP contribution in [0, 0.1) is 6.92 Å². The minimum atomic E-state index is -0.129. The summed E-state index contributed by atoms with van der Waals surface area (Å²) in [6.45, 7) is 2.36. The van der Waals surface area contributed by atoms with Gasteiger partial charge in [-0.1, -0.05) is 19.3 Å². The highest BCUT2D eigenvalue weighted by Crippen LogP contribution is 2.17. The lowest BCUT2D eigenvalue weighted by molar-refractivity contribution is -0.116. The van der Waals surface area contributed by atoms with E-state index in [1.807, 2.05) is 6.92 Å². The number of hydrogen-bond donors (Lipinski definition) is 4. The molecule has 0 radical (unpaired) electrons. The summed E-state index contributed by atoms with van der Waals surface area (Å²) in [7, 11) is 0. The van der Waals surface area contributed by atoms with Gasteiger partial charge < -0.3 is 16.0 Å². The van der Waals surface area contributed by atoms with Crippen LogP contribution >= 0.6 is 0 Å². The summed E-state index contributed by atoms with van der Waals surface area (Å²) < 4.78 is 0. The lowest BCUT2D eigenvalue weighted by atomic mass is 9.96. The maximum Gasteiger partial charge on any atom is 0.315 e. The van der Waals surface area contributed by atoms with Crippen molar-refractivity contribution in [3.63, 3.8) is 0 Å². The molecular weight excluding hydrogens is 282 g/mol. The summed E-state index contributed by atoms with van der Waals surface area (Å²) in [5.41, 5.74) is 0.899. The van der Waals surface area contributed by atoms with Crippen LogP contribution in [-0.2, 0) is 4.79 Å². The van der Waals surface area contributed by atoms with E-state index in [0.717, 1.165) is 18.5 Å². The molecule has 2 rings (SSSR count). The second kappa shape index (κ2) is 8.41. The molecule has 7 nitrogen and oxygen atoms in total. The Hall–Kier alpha value is -2.05. The third kappa shape index (κ3) is 5.75. The molecule has 122 valence electrons. The topological polar surface area (TPSA) is 98.9 Å². The summed E-state index contributed by atoms with van der Waals surface area (Å²) >= 11 is 0. The zero-order chi connectivity index (χ0) is 15.8. The molecule has 0 saturated heterocycles. The van der Waals surface area contributed by atoms with Gasteiger partial charge in [-0.3, -0.25) is 9.89 Å². The first-order valence-electron chi connectivity index (χ1n) is 8.00. The van der Waals surface area contributed by atoms with Gasteiger partial charge in [0.2, 0.25) is 5.91 Å². The van der Waals surface area contributed by atoms with E-state index in [-0.39, 0.29) is 11.9 Å². The minimum absolute atomic E-state index is 0.0963. The van der Waals surface area contributed by atoms with Crippen molar-refractivity contribution in [3.8, 4) is 0 Å². The molecule has 0 unspecified atom stereocenters. The third-order valence-electron chi connectivity index (χ3n) is 3.78. The van der Waals surface area contributed by atoms with E-state index in [4.69, 9.17) is 0 Å². The van der Waals surface area contributed by atoms with E-state index in [0.29, 0.717) is 31.2 Å². The molecule has 1 saturated carbocycles. The summed E-state index contributed by atoms with van der Waals surface area (Å²) in [4.78, 5) is 23.4. The van der Waals surface area contributed by atoms with Gasteiger partial charge in [-0.05, 0) is 26.2 Å². The molecular formula is C15H25N5O2. The number of urea groups is 1. The molecule has 1 aromatic rings. The Labute approximate surface area is 130 Å². The highest BCUT2D eigenvalue weighted by Gasteiger charge is 2.15. The van der Waals surface area contributed by atoms with E-state index in [2.05, 4.69) is 26.1 Å². The molecule has 22 heavy (non-hydrogen) atoms. The van der Waals surface area contributed by atoms with Gasteiger partial charge in [0.25, 0.3) is 0 Å². The van der Waals surface area contributed by atoms with E-state index >= 15 is 0 Å². The maximum atomic E-state index is 11.7. The monoisotopic (exact) mass is 307 g/mol. The van der Waals surface area contributed by atoms with Crippen molar-refractivity contribution in [2.45, 2.75) is 57.9 Å². The number of H-pyrrole nitrogens is 1. The number of aromatic amines is 1. The fourth-order valence-corrected chi connectivity index (χ4v) is 2.62. The number of amides is 3. The van der Waals surface area contributed by atoms with Gasteiger partial charge in [0, 0.05) is 30.8 Å².